The normalized spacial score (nSPS) is 34.5. The first kappa shape index (κ1) is 27.0. The van der Waals surface area contributed by atoms with Crippen molar-refractivity contribution in [2.45, 2.75) is 109 Å². The molecule has 6 nitrogen and oxygen atoms in total. The SMILES string of the molecule is C=C1/C(=C\C=C2/CCC[C@](C)(/C(=C\CN)C3(CCCC(C)(C)O)CC3)[C@@H]2N)C[C@@H](N=O)C[C@@H]1O. The van der Waals surface area contributed by atoms with Crippen molar-refractivity contribution in [2.24, 2.45) is 27.5 Å². The van der Waals surface area contributed by atoms with Crippen molar-refractivity contribution < 1.29 is 10.2 Å². The Hall–Kier alpha value is -1.60. The summed E-state index contributed by atoms with van der Waals surface area (Å²) in [5.74, 6) is 0. The van der Waals surface area contributed by atoms with Crippen LogP contribution in [-0.4, -0.2) is 40.5 Å². The van der Waals surface area contributed by atoms with Gasteiger partial charge < -0.3 is 21.7 Å². The lowest BCUT2D eigenvalue weighted by atomic mass is 9.61. The van der Waals surface area contributed by atoms with Gasteiger partial charge in [-0.05, 0) is 88.2 Å². The zero-order chi connectivity index (χ0) is 25.1. The zero-order valence-electron chi connectivity index (χ0n) is 21.4. The van der Waals surface area contributed by atoms with E-state index in [0.717, 1.165) is 56.9 Å². The molecule has 190 valence electrons. The molecule has 0 aromatic carbocycles. The summed E-state index contributed by atoms with van der Waals surface area (Å²) in [4.78, 5) is 11.1. The van der Waals surface area contributed by atoms with E-state index in [2.05, 4.69) is 30.8 Å². The Morgan fingerprint density at radius 2 is 2.00 bits per heavy atom. The second kappa shape index (κ2) is 10.6. The maximum absolute atomic E-state index is 11.1. The highest BCUT2D eigenvalue weighted by molar-refractivity contribution is 5.41. The summed E-state index contributed by atoms with van der Waals surface area (Å²) < 4.78 is 0. The number of allylic oxidation sites excluding steroid dienone is 2. The molecular formula is C28H45N3O3. The van der Waals surface area contributed by atoms with Gasteiger partial charge in [-0.3, -0.25) is 0 Å². The third kappa shape index (κ3) is 5.96. The summed E-state index contributed by atoms with van der Waals surface area (Å²) in [5.41, 5.74) is 16.6. The molecule has 0 spiro atoms. The van der Waals surface area contributed by atoms with Crippen LogP contribution in [0.5, 0.6) is 0 Å². The van der Waals surface area contributed by atoms with Gasteiger partial charge in [0.1, 0.15) is 0 Å². The van der Waals surface area contributed by atoms with E-state index >= 15 is 0 Å². The lowest BCUT2D eigenvalue weighted by Gasteiger charge is -2.46. The highest BCUT2D eigenvalue weighted by Gasteiger charge is 2.53. The number of nitroso groups, excluding NO2 is 1. The Morgan fingerprint density at radius 3 is 2.59 bits per heavy atom. The Labute approximate surface area is 205 Å². The van der Waals surface area contributed by atoms with E-state index in [0.29, 0.717) is 25.0 Å². The molecule has 6 N–H and O–H groups in total. The van der Waals surface area contributed by atoms with Gasteiger partial charge >= 0.3 is 0 Å². The molecule has 4 atom stereocenters. The summed E-state index contributed by atoms with van der Waals surface area (Å²) in [5, 5.41) is 23.6. The lowest BCUT2D eigenvalue weighted by Crippen LogP contribution is -2.47. The van der Waals surface area contributed by atoms with E-state index in [4.69, 9.17) is 11.5 Å². The minimum absolute atomic E-state index is 0.121. The number of aliphatic hydroxyl groups is 2. The Balaban J connectivity index is 1.83. The van der Waals surface area contributed by atoms with Crippen molar-refractivity contribution in [1.82, 2.24) is 0 Å². The van der Waals surface area contributed by atoms with Crippen LogP contribution in [0.2, 0.25) is 0 Å². The molecule has 6 heteroatoms. The molecule has 0 radical (unpaired) electrons. The quantitative estimate of drug-likeness (QED) is 0.284. The van der Waals surface area contributed by atoms with Crippen LogP contribution < -0.4 is 11.5 Å². The second-order valence-electron chi connectivity index (χ2n) is 11.7. The van der Waals surface area contributed by atoms with E-state index in [1.165, 1.54) is 11.1 Å². The fourth-order valence-corrected chi connectivity index (χ4v) is 6.25. The minimum Gasteiger partial charge on any atom is -0.390 e. The van der Waals surface area contributed by atoms with Crippen molar-refractivity contribution in [3.8, 4) is 0 Å². The molecule has 3 saturated carbocycles. The molecule has 0 saturated heterocycles. The summed E-state index contributed by atoms with van der Waals surface area (Å²) >= 11 is 0. The lowest BCUT2D eigenvalue weighted by molar-refractivity contribution is 0.0664. The van der Waals surface area contributed by atoms with Gasteiger partial charge in [0.2, 0.25) is 0 Å². The van der Waals surface area contributed by atoms with Crippen LogP contribution in [0.25, 0.3) is 0 Å². The second-order valence-corrected chi connectivity index (χ2v) is 11.7. The topological polar surface area (TPSA) is 122 Å². The van der Waals surface area contributed by atoms with Crippen molar-refractivity contribution >= 4 is 0 Å². The van der Waals surface area contributed by atoms with E-state index in [1.54, 1.807) is 0 Å². The van der Waals surface area contributed by atoms with Gasteiger partial charge in [0, 0.05) is 24.4 Å². The maximum Gasteiger partial charge on any atom is 0.0987 e. The molecule has 0 heterocycles. The van der Waals surface area contributed by atoms with Gasteiger partial charge in [-0.25, -0.2) is 0 Å². The van der Waals surface area contributed by atoms with E-state index in [9.17, 15) is 15.1 Å². The number of aliphatic hydroxyl groups excluding tert-OH is 1. The van der Waals surface area contributed by atoms with Crippen molar-refractivity contribution in [3.05, 3.63) is 52.0 Å². The molecule has 34 heavy (non-hydrogen) atoms. The Kier molecular flexibility index (Phi) is 8.39. The van der Waals surface area contributed by atoms with Crippen LogP contribution >= 0.6 is 0 Å². The molecule has 3 aliphatic rings. The number of nitrogens with zero attached hydrogens (tertiary/aromatic N) is 1. The molecular weight excluding hydrogens is 426 g/mol. The van der Waals surface area contributed by atoms with Crippen LogP contribution in [-0.2, 0) is 0 Å². The number of hydrogen-bond acceptors (Lipinski definition) is 6. The van der Waals surface area contributed by atoms with Crippen molar-refractivity contribution in [1.29, 1.82) is 0 Å². The molecule has 0 aliphatic heterocycles. The summed E-state index contributed by atoms with van der Waals surface area (Å²) in [7, 11) is 0. The third-order valence-electron chi connectivity index (χ3n) is 8.47. The zero-order valence-corrected chi connectivity index (χ0v) is 21.4. The number of rotatable bonds is 9. The largest absolute Gasteiger partial charge is 0.390 e. The van der Waals surface area contributed by atoms with Gasteiger partial charge in [-0.1, -0.05) is 48.1 Å². The monoisotopic (exact) mass is 471 g/mol. The Morgan fingerprint density at radius 1 is 1.29 bits per heavy atom. The van der Waals surface area contributed by atoms with E-state index in [-0.39, 0.29) is 16.9 Å². The molecule has 0 unspecified atom stereocenters. The average Bonchev–Trinajstić information content (AvgIpc) is 3.55. The van der Waals surface area contributed by atoms with Gasteiger partial charge in [0.25, 0.3) is 0 Å². The van der Waals surface area contributed by atoms with Gasteiger partial charge in [0.15, 0.2) is 0 Å². The summed E-state index contributed by atoms with van der Waals surface area (Å²) in [6.07, 6.45) is 14.6. The summed E-state index contributed by atoms with van der Waals surface area (Å²) in [6.45, 7) is 10.6. The first-order valence-electron chi connectivity index (χ1n) is 12.9. The predicted molar refractivity (Wildman–Crippen MR) is 139 cm³/mol. The van der Waals surface area contributed by atoms with Crippen LogP contribution in [0.1, 0.15) is 85.0 Å². The predicted octanol–water partition coefficient (Wildman–Crippen LogP) is 4.81. The van der Waals surface area contributed by atoms with E-state index < -0.39 is 17.7 Å². The standard InChI is InChI=1S/C28H45N3O3/c1-19-21(17-22(31-34)18-23(19)32)9-8-20-7-5-12-27(4,25(20)30)24(10-16-29)28(14-15-28)13-6-11-26(2,3)33/h8-10,22-23,25,32-33H,1,5-7,11-18,29-30H2,2-4H3/b20-8+,21-9-,24-10+/t22-,23+,25-,27-/m1/s1. The van der Waals surface area contributed by atoms with Gasteiger partial charge in [0.05, 0.1) is 17.7 Å². The molecule has 3 fully saturated rings. The minimum atomic E-state index is -0.718. The van der Waals surface area contributed by atoms with Gasteiger partial charge in [-0.15, -0.1) is 0 Å². The first-order valence-corrected chi connectivity index (χ1v) is 12.9. The highest BCUT2D eigenvalue weighted by atomic mass is 16.3. The van der Waals surface area contributed by atoms with Crippen LogP contribution in [0.15, 0.2) is 52.3 Å². The molecule has 0 aromatic heterocycles. The molecule has 0 bridgehead atoms. The number of hydrogen-bond donors (Lipinski definition) is 4. The Bertz CT molecular complexity index is 863. The smallest absolute Gasteiger partial charge is 0.0987 e. The maximum atomic E-state index is 11.1. The molecule has 0 amide bonds. The molecule has 0 aromatic rings. The fourth-order valence-electron chi connectivity index (χ4n) is 6.25. The van der Waals surface area contributed by atoms with Crippen LogP contribution in [0, 0.1) is 15.7 Å². The third-order valence-corrected chi connectivity index (χ3v) is 8.47. The van der Waals surface area contributed by atoms with E-state index in [1.807, 2.05) is 19.9 Å². The number of nitrogens with two attached hydrogens (primary N) is 2. The van der Waals surface area contributed by atoms with Crippen LogP contribution in [0.3, 0.4) is 0 Å². The molecule has 3 aliphatic carbocycles. The average molecular weight is 472 g/mol. The van der Waals surface area contributed by atoms with Crippen molar-refractivity contribution in [3.63, 3.8) is 0 Å². The summed E-state index contributed by atoms with van der Waals surface area (Å²) in [6, 6.07) is -0.530. The molecule has 3 rings (SSSR count). The van der Waals surface area contributed by atoms with Gasteiger partial charge in [-0.2, -0.15) is 4.91 Å². The van der Waals surface area contributed by atoms with Crippen molar-refractivity contribution in [2.75, 3.05) is 6.54 Å². The first-order chi connectivity index (χ1) is 16.0. The highest BCUT2D eigenvalue weighted by Crippen LogP contribution is 2.63. The van der Waals surface area contributed by atoms with Crippen LogP contribution in [0.4, 0.5) is 0 Å². The fraction of sp³-hybridized carbons (Fsp3) is 0.714.